The number of thiocarbonyl (C=S) groups is 1. The maximum Gasteiger partial charge on any atom is 0.174 e. The lowest BCUT2D eigenvalue weighted by atomic mass is 10.1. The molecular formula is C20H22N2O2S. The largest absolute Gasteiger partial charge is 0.467 e. The van der Waals surface area contributed by atoms with E-state index >= 15 is 0 Å². The fourth-order valence-electron chi connectivity index (χ4n) is 2.70. The number of furan rings is 2. The first-order valence-corrected chi connectivity index (χ1v) is 8.66. The number of anilines is 1. The van der Waals surface area contributed by atoms with Crippen LogP contribution in [-0.4, -0.2) is 10.0 Å². The van der Waals surface area contributed by atoms with Crippen molar-refractivity contribution >= 4 is 23.0 Å². The van der Waals surface area contributed by atoms with Crippen molar-refractivity contribution in [2.45, 2.75) is 33.4 Å². The quantitative estimate of drug-likeness (QED) is 0.617. The fraction of sp³-hybridized carbons (Fsp3) is 0.250. The average Bonchev–Trinajstić information content (AvgIpc) is 3.28. The first-order chi connectivity index (χ1) is 12.0. The molecule has 1 atom stereocenters. The summed E-state index contributed by atoms with van der Waals surface area (Å²) < 4.78 is 11.1. The number of aryl methyl sites for hydroxylation is 2. The maximum absolute atomic E-state index is 5.72. The molecule has 0 aliphatic carbocycles. The van der Waals surface area contributed by atoms with Gasteiger partial charge in [-0.1, -0.05) is 12.1 Å². The second-order valence-electron chi connectivity index (χ2n) is 6.15. The zero-order chi connectivity index (χ0) is 17.8. The van der Waals surface area contributed by atoms with E-state index in [4.69, 9.17) is 21.1 Å². The Morgan fingerprint density at radius 2 is 1.88 bits per heavy atom. The molecule has 0 aliphatic rings. The van der Waals surface area contributed by atoms with Gasteiger partial charge in [0.05, 0.1) is 25.1 Å². The van der Waals surface area contributed by atoms with Crippen molar-refractivity contribution in [1.82, 2.24) is 4.90 Å². The van der Waals surface area contributed by atoms with Gasteiger partial charge in [-0.2, -0.15) is 0 Å². The maximum atomic E-state index is 5.72. The van der Waals surface area contributed by atoms with Crippen LogP contribution in [0.1, 0.15) is 35.6 Å². The van der Waals surface area contributed by atoms with Gasteiger partial charge in [0, 0.05) is 5.69 Å². The highest BCUT2D eigenvalue weighted by Crippen LogP contribution is 2.25. The van der Waals surface area contributed by atoms with Gasteiger partial charge in [0.15, 0.2) is 5.11 Å². The lowest BCUT2D eigenvalue weighted by Gasteiger charge is -2.30. The number of hydrogen-bond donors (Lipinski definition) is 1. The number of nitrogens with one attached hydrogen (secondary N) is 1. The molecule has 0 spiro atoms. The zero-order valence-corrected chi connectivity index (χ0v) is 15.5. The molecule has 5 heteroatoms. The van der Waals surface area contributed by atoms with E-state index in [1.54, 1.807) is 12.5 Å². The van der Waals surface area contributed by atoms with Gasteiger partial charge in [0.2, 0.25) is 0 Å². The van der Waals surface area contributed by atoms with E-state index in [-0.39, 0.29) is 6.04 Å². The summed E-state index contributed by atoms with van der Waals surface area (Å²) in [6.07, 6.45) is 3.35. The molecule has 25 heavy (non-hydrogen) atoms. The molecule has 1 unspecified atom stereocenters. The molecule has 0 aliphatic heterocycles. The van der Waals surface area contributed by atoms with Crippen LogP contribution in [0.25, 0.3) is 0 Å². The van der Waals surface area contributed by atoms with Crippen LogP contribution in [-0.2, 0) is 6.54 Å². The van der Waals surface area contributed by atoms with Crippen LogP contribution in [0, 0.1) is 13.8 Å². The average molecular weight is 354 g/mol. The smallest absolute Gasteiger partial charge is 0.174 e. The first-order valence-electron chi connectivity index (χ1n) is 8.25. The molecule has 2 aromatic heterocycles. The van der Waals surface area contributed by atoms with Crippen molar-refractivity contribution in [2.24, 2.45) is 0 Å². The molecule has 130 valence electrons. The Hall–Kier alpha value is -2.53. The zero-order valence-electron chi connectivity index (χ0n) is 14.7. The molecule has 0 saturated carbocycles. The predicted molar refractivity (Wildman–Crippen MR) is 104 cm³/mol. The van der Waals surface area contributed by atoms with Gasteiger partial charge in [0.25, 0.3) is 0 Å². The monoisotopic (exact) mass is 354 g/mol. The summed E-state index contributed by atoms with van der Waals surface area (Å²) in [5, 5.41) is 4.01. The normalized spacial score (nSPS) is 12.0. The highest BCUT2D eigenvalue weighted by molar-refractivity contribution is 7.80. The molecule has 3 aromatic rings. The molecule has 0 bridgehead atoms. The Labute approximate surface area is 153 Å². The van der Waals surface area contributed by atoms with Gasteiger partial charge in [0.1, 0.15) is 11.5 Å². The summed E-state index contributed by atoms with van der Waals surface area (Å²) in [4.78, 5) is 2.06. The Morgan fingerprint density at radius 1 is 1.12 bits per heavy atom. The van der Waals surface area contributed by atoms with Crippen LogP contribution in [0.2, 0.25) is 0 Å². The highest BCUT2D eigenvalue weighted by atomic mass is 32.1. The summed E-state index contributed by atoms with van der Waals surface area (Å²) in [5.41, 5.74) is 3.35. The molecule has 2 heterocycles. The third kappa shape index (κ3) is 4.12. The van der Waals surface area contributed by atoms with Gasteiger partial charge < -0.3 is 19.1 Å². The third-order valence-electron chi connectivity index (χ3n) is 4.22. The van der Waals surface area contributed by atoms with Crippen molar-refractivity contribution in [3.8, 4) is 0 Å². The van der Waals surface area contributed by atoms with Crippen LogP contribution in [0.4, 0.5) is 5.69 Å². The van der Waals surface area contributed by atoms with Crippen LogP contribution < -0.4 is 5.32 Å². The minimum atomic E-state index is -0.0229. The van der Waals surface area contributed by atoms with E-state index < -0.39 is 0 Å². The van der Waals surface area contributed by atoms with E-state index in [1.165, 1.54) is 5.56 Å². The highest BCUT2D eigenvalue weighted by Gasteiger charge is 2.22. The molecule has 1 aromatic carbocycles. The summed E-state index contributed by atoms with van der Waals surface area (Å²) in [6.45, 7) is 6.77. The summed E-state index contributed by atoms with van der Waals surface area (Å²) in [7, 11) is 0. The van der Waals surface area contributed by atoms with Crippen molar-refractivity contribution in [3.05, 3.63) is 77.6 Å². The van der Waals surface area contributed by atoms with Crippen molar-refractivity contribution in [2.75, 3.05) is 5.32 Å². The van der Waals surface area contributed by atoms with Crippen LogP contribution >= 0.6 is 12.2 Å². The van der Waals surface area contributed by atoms with Crippen LogP contribution in [0.3, 0.4) is 0 Å². The van der Waals surface area contributed by atoms with Crippen LogP contribution in [0.5, 0.6) is 0 Å². The SMILES string of the molecule is Cc1ccc(C)c(NC(=S)N(Cc2ccco2)C(C)c2ccco2)c1. The van der Waals surface area contributed by atoms with Crippen molar-refractivity contribution in [3.63, 3.8) is 0 Å². The van der Waals surface area contributed by atoms with E-state index in [9.17, 15) is 0 Å². The Kier molecular flexibility index (Phi) is 5.24. The lowest BCUT2D eigenvalue weighted by molar-refractivity contribution is 0.269. The standard InChI is InChI=1S/C20H22N2O2S/c1-14-8-9-15(2)18(12-14)21-20(25)22(13-17-6-4-10-23-17)16(3)19-7-5-11-24-19/h4-12,16H,13H2,1-3H3,(H,21,25). The summed E-state index contributed by atoms with van der Waals surface area (Å²) in [6, 6.07) is 13.9. The second kappa shape index (κ2) is 7.57. The minimum Gasteiger partial charge on any atom is -0.467 e. The molecule has 3 rings (SSSR count). The van der Waals surface area contributed by atoms with Crippen molar-refractivity contribution in [1.29, 1.82) is 0 Å². The molecule has 0 saturated heterocycles. The van der Waals surface area contributed by atoms with Gasteiger partial charge in [-0.15, -0.1) is 0 Å². The van der Waals surface area contributed by atoms with Crippen LogP contribution in [0.15, 0.2) is 63.8 Å². The molecule has 4 nitrogen and oxygen atoms in total. The molecule has 1 N–H and O–H groups in total. The third-order valence-corrected chi connectivity index (χ3v) is 4.56. The Balaban J connectivity index is 1.84. The first kappa shape index (κ1) is 17.3. The van der Waals surface area contributed by atoms with E-state index in [0.29, 0.717) is 11.7 Å². The summed E-state index contributed by atoms with van der Waals surface area (Å²) in [5.74, 6) is 1.71. The fourth-order valence-corrected chi connectivity index (χ4v) is 3.03. The number of nitrogens with zero attached hydrogens (tertiary/aromatic N) is 1. The van der Waals surface area contributed by atoms with E-state index in [0.717, 1.165) is 22.8 Å². The molecular weight excluding hydrogens is 332 g/mol. The predicted octanol–water partition coefficient (Wildman–Crippen LogP) is 5.45. The summed E-state index contributed by atoms with van der Waals surface area (Å²) >= 11 is 5.72. The van der Waals surface area contributed by atoms with Gasteiger partial charge >= 0.3 is 0 Å². The molecule has 0 amide bonds. The van der Waals surface area contributed by atoms with Crippen molar-refractivity contribution < 1.29 is 8.83 Å². The van der Waals surface area contributed by atoms with E-state index in [2.05, 4.69) is 49.2 Å². The molecule has 0 radical (unpaired) electrons. The van der Waals surface area contributed by atoms with Gasteiger partial charge in [-0.25, -0.2) is 0 Å². The topological polar surface area (TPSA) is 41.5 Å². The van der Waals surface area contributed by atoms with E-state index in [1.807, 2.05) is 24.3 Å². The number of rotatable bonds is 5. The Morgan fingerprint density at radius 3 is 2.56 bits per heavy atom. The number of benzene rings is 1. The van der Waals surface area contributed by atoms with Gasteiger partial charge in [-0.05, 0) is 74.4 Å². The van der Waals surface area contributed by atoms with Gasteiger partial charge in [-0.3, -0.25) is 0 Å². The second-order valence-corrected chi connectivity index (χ2v) is 6.53. The lowest BCUT2D eigenvalue weighted by Crippen LogP contribution is -2.36. The number of hydrogen-bond acceptors (Lipinski definition) is 3. The molecule has 0 fully saturated rings. The Bertz CT molecular complexity index is 826. The minimum absolute atomic E-state index is 0.0229.